The van der Waals surface area contributed by atoms with Gasteiger partial charge in [0, 0.05) is 12.4 Å². The van der Waals surface area contributed by atoms with Crippen LogP contribution in [0.2, 0.25) is 0 Å². The Bertz CT molecular complexity index is 368. The number of rotatable bonds is 5. The Kier molecular flexibility index (Phi) is 4.34. The van der Waals surface area contributed by atoms with Crippen LogP contribution < -0.4 is 5.32 Å². The van der Waals surface area contributed by atoms with E-state index in [1.165, 1.54) is 17.3 Å². The molecule has 1 rings (SSSR count). The van der Waals surface area contributed by atoms with Crippen molar-refractivity contribution in [2.24, 2.45) is 0 Å². The van der Waals surface area contributed by atoms with Crippen molar-refractivity contribution in [1.29, 1.82) is 0 Å². The van der Waals surface area contributed by atoms with Gasteiger partial charge in [-0.1, -0.05) is 0 Å². The van der Waals surface area contributed by atoms with Crippen LogP contribution in [-0.4, -0.2) is 52.0 Å². The third-order valence-corrected chi connectivity index (χ3v) is 1.64. The van der Waals surface area contributed by atoms with Crippen LogP contribution in [0.4, 0.5) is 5.95 Å². The molecule has 0 spiro atoms. The second-order valence-electron chi connectivity index (χ2n) is 3.19. The van der Waals surface area contributed by atoms with Crippen LogP contribution in [0.5, 0.6) is 0 Å². The van der Waals surface area contributed by atoms with Gasteiger partial charge in [-0.25, -0.2) is 9.97 Å². The molecule has 0 fully saturated rings. The number of carbonyl (C=O) groups excluding carboxylic acids is 1. The van der Waals surface area contributed by atoms with Gasteiger partial charge < -0.3 is 5.11 Å². The van der Waals surface area contributed by atoms with Gasteiger partial charge in [-0.3, -0.25) is 19.8 Å². The van der Waals surface area contributed by atoms with E-state index in [1.54, 1.807) is 13.1 Å². The lowest BCUT2D eigenvalue weighted by molar-refractivity contribution is -0.138. The van der Waals surface area contributed by atoms with Crippen LogP contribution in [0.15, 0.2) is 18.5 Å². The zero-order chi connectivity index (χ0) is 12.0. The maximum absolute atomic E-state index is 11.4. The molecule has 7 heteroatoms. The van der Waals surface area contributed by atoms with E-state index >= 15 is 0 Å². The second-order valence-corrected chi connectivity index (χ2v) is 3.19. The van der Waals surface area contributed by atoms with Crippen molar-refractivity contribution >= 4 is 17.8 Å². The summed E-state index contributed by atoms with van der Waals surface area (Å²) in [5.74, 6) is -1.13. The van der Waals surface area contributed by atoms with Crippen molar-refractivity contribution in [2.75, 3.05) is 25.5 Å². The van der Waals surface area contributed by atoms with Crippen LogP contribution in [0.3, 0.4) is 0 Å². The van der Waals surface area contributed by atoms with Crippen LogP contribution in [0.25, 0.3) is 0 Å². The topological polar surface area (TPSA) is 95.4 Å². The number of likely N-dealkylation sites (N-methyl/N-ethyl adjacent to an activating group) is 1. The van der Waals surface area contributed by atoms with Gasteiger partial charge in [-0.2, -0.15) is 0 Å². The van der Waals surface area contributed by atoms with Crippen LogP contribution in [0.1, 0.15) is 0 Å². The number of anilines is 1. The number of nitrogens with one attached hydrogen (secondary N) is 1. The van der Waals surface area contributed by atoms with Gasteiger partial charge in [0.05, 0.1) is 13.1 Å². The summed E-state index contributed by atoms with van der Waals surface area (Å²) < 4.78 is 0. The Labute approximate surface area is 92.1 Å². The Morgan fingerprint density at radius 2 is 2.00 bits per heavy atom. The van der Waals surface area contributed by atoms with E-state index in [4.69, 9.17) is 5.11 Å². The predicted molar refractivity (Wildman–Crippen MR) is 55.8 cm³/mol. The summed E-state index contributed by atoms with van der Waals surface area (Å²) in [5, 5.41) is 10.9. The van der Waals surface area contributed by atoms with Crippen LogP contribution in [-0.2, 0) is 9.59 Å². The summed E-state index contributed by atoms with van der Waals surface area (Å²) in [6.45, 7) is -0.215. The van der Waals surface area contributed by atoms with Gasteiger partial charge >= 0.3 is 5.97 Å². The standard InChI is InChI=1S/C9H12N4O3/c1-13(6-8(15)16)5-7(14)12-9-10-3-2-4-11-9/h2-4H,5-6H2,1H3,(H,15,16)(H,10,11,12,14). The van der Waals surface area contributed by atoms with E-state index in [-0.39, 0.29) is 24.9 Å². The number of aliphatic carboxylic acids is 1. The molecule has 0 saturated carbocycles. The molecule has 0 unspecified atom stereocenters. The molecule has 0 aromatic carbocycles. The summed E-state index contributed by atoms with van der Waals surface area (Å²) in [6.07, 6.45) is 3.01. The van der Waals surface area contributed by atoms with Gasteiger partial charge in [0.1, 0.15) is 0 Å². The first kappa shape index (κ1) is 12.1. The van der Waals surface area contributed by atoms with Gasteiger partial charge in [-0.15, -0.1) is 0 Å². The molecule has 0 radical (unpaired) electrons. The maximum Gasteiger partial charge on any atom is 0.317 e. The lowest BCUT2D eigenvalue weighted by atomic mass is 10.5. The van der Waals surface area contributed by atoms with Gasteiger partial charge in [-0.05, 0) is 13.1 Å². The molecule has 1 amide bonds. The minimum Gasteiger partial charge on any atom is -0.480 e. The minimum atomic E-state index is -0.980. The molecule has 0 aliphatic carbocycles. The highest BCUT2D eigenvalue weighted by molar-refractivity contribution is 5.90. The maximum atomic E-state index is 11.4. The number of aromatic nitrogens is 2. The summed E-state index contributed by atoms with van der Waals surface area (Å²) in [4.78, 5) is 30.7. The third kappa shape index (κ3) is 4.47. The largest absolute Gasteiger partial charge is 0.480 e. The Hall–Kier alpha value is -2.02. The molecule has 0 bridgehead atoms. The summed E-state index contributed by atoms with van der Waals surface area (Å²) in [6, 6.07) is 1.63. The lowest BCUT2D eigenvalue weighted by Gasteiger charge is -2.12. The van der Waals surface area contributed by atoms with Crippen molar-refractivity contribution in [1.82, 2.24) is 14.9 Å². The van der Waals surface area contributed by atoms with E-state index in [0.29, 0.717) is 0 Å². The quantitative estimate of drug-likeness (QED) is 0.695. The molecule has 86 valence electrons. The summed E-state index contributed by atoms with van der Waals surface area (Å²) in [7, 11) is 1.54. The van der Waals surface area contributed by atoms with Crippen molar-refractivity contribution in [3.8, 4) is 0 Å². The van der Waals surface area contributed by atoms with E-state index in [0.717, 1.165) is 0 Å². The molecule has 1 heterocycles. The van der Waals surface area contributed by atoms with Gasteiger partial charge in [0.25, 0.3) is 0 Å². The molecule has 0 aliphatic rings. The SMILES string of the molecule is CN(CC(=O)O)CC(=O)Nc1ncccn1. The molecule has 1 aromatic heterocycles. The third-order valence-electron chi connectivity index (χ3n) is 1.64. The minimum absolute atomic E-state index is 0.0233. The predicted octanol–water partition coefficient (Wildman–Crippen LogP) is -0.568. The van der Waals surface area contributed by atoms with Crippen LogP contribution in [0, 0.1) is 0 Å². The highest BCUT2D eigenvalue weighted by Crippen LogP contribution is 1.94. The summed E-state index contributed by atoms with van der Waals surface area (Å²) >= 11 is 0. The van der Waals surface area contributed by atoms with E-state index in [2.05, 4.69) is 15.3 Å². The van der Waals surface area contributed by atoms with Crippen molar-refractivity contribution in [3.63, 3.8) is 0 Å². The number of carboxylic acids is 1. The fourth-order valence-corrected chi connectivity index (χ4v) is 1.06. The molecule has 0 saturated heterocycles. The van der Waals surface area contributed by atoms with Crippen molar-refractivity contribution < 1.29 is 14.7 Å². The molecule has 0 atom stereocenters. The van der Waals surface area contributed by atoms with Crippen molar-refractivity contribution in [2.45, 2.75) is 0 Å². The number of carbonyl (C=O) groups is 2. The van der Waals surface area contributed by atoms with Crippen molar-refractivity contribution in [3.05, 3.63) is 18.5 Å². The Balaban J connectivity index is 2.39. The highest BCUT2D eigenvalue weighted by atomic mass is 16.4. The zero-order valence-electron chi connectivity index (χ0n) is 8.75. The van der Waals surface area contributed by atoms with E-state index in [1.807, 2.05) is 0 Å². The summed E-state index contributed by atoms with van der Waals surface area (Å²) in [5.41, 5.74) is 0. The molecule has 0 aliphatic heterocycles. The zero-order valence-corrected chi connectivity index (χ0v) is 8.75. The second kappa shape index (κ2) is 5.76. The molecule has 7 nitrogen and oxygen atoms in total. The average Bonchev–Trinajstić information content (AvgIpc) is 2.17. The molecular formula is C9H12N4O3. The molecule has 16 heavy (non-hydrogen) atoms. The average molecular weight is 224 g/mol. The fourth-order valence-electron chi connectivity index (χ4n) is 1.06. The first-order chi connectivity index (χ1) is 7.58. The number of hydrogen-bond acceptors (Lipinski definition) is 5. The molecule has 1 aromatic rings. The Morgan fingerprint density at radius 1 is 1.38 bits per heavy atom. The first-order valence-electron chi connectivity index (χ1n) is 4.55. The molecule has 2 N–H and O–H groups in total. The number of amides is 1. The normalized spacial score (nSPS) is 10.1. The lowest BCUT2D eigenvalue weighted by Crippen LogP contribution is -2.34. The monoisotopic (exact) mass is 224 g/mol. The van der Waals surface area contributed by atoms with E-state index < -0.39 is 5.97 Å². The molecular weight excluding hydrogens is 212 g/mol. The van der Waals surface area contributed by atoms with Gasteiger partial charge in [0.2, 0.25) is 11.9 Å². The van der Waals surface area contributed by atoms with Gasteiger partial charge in [0.15, 0.2) is 0 Å². The smallest absolute Gasteiger partial charge is 0.317 e. The Morgan fingerprint density at radius 3 is 2.56 bits per heavy atom. The highest BCUT2D eigenvalue weighted by Gasteiger charge is 2.10. The van der Waals surface area contributed by atoms with E-state index in [9.17, 15) is 9.59 Å². The van der Waals surface area contributed by atoms with Crippen LogP contribution >= 0.6 is 0 Å². The number of nitrogens with zero attached hydrogens (tertiary/aromatic N) is 3. The number of hydrogen-bond donors (Lipinski definition) is 2. The first-order valence-corrected chi connectivity index (χ1v) is 4.55. The number of carboxylic acid groups (broad SMARTS) is 1. The fraction of sp³-hybridized carbons (Fsp3) is 0.333.